The molecule has 0 saturated carbocycles. The van der Waals surface area contributed by atoms with E-state index in [1.54, 1.807) is 12.1 Å². The van der Waals surface area contributed by atoms with E-state index in [-0.39, 0.29) is 18.1 Å². The molecule has 20 heavy (non-hydrogen) atoms. The second-order valence-corrected chi connectivity index (χ2v) is 5.44. The first-order valence-corrected chi connectivity index (χ1v) is 7.06. The molecule has 0 aromatic heterocycles. The Balaban J connectivity index is 1.76. The Kier molecular flexibility index (Phi) is 4.98. The summed E-state index contributed by atoms with van der Waals surface area (Å²) in [7, 11) is 0. The summed E-state index contributed by atoms with van der Waals surface area (Å²) in [4.78, 5) is 14.2. The molecule has 3 N–H and O–H groups in total. The molecule has 1 aliphatic heterocycles. The molecular weight excluding hydrogens is 254 g/mol. The Morgan fingerprint density at radius 3 is 2.50 bits per heavy atom. The summed E-state index contributed by atoms with van der Waals surface area (Å²) >= 11 is 0. The van der Waals surface area contributed by atoms with Crippen molar-refractivity contribution in [2.45, 2.75) is 32.5 Å². The molecule has 0 radical (unpaired) electrons. The highest BCUT2D eigenvalue weighted by Crippen LogP contribution is 2.13. The van der Waals surface area contributed by atoms with Gasteiger partial charge in [0.2, 0.25) is 5.91 Å². The van der Waals surface area contributed by atoms with Gasteiger partial charge in [0.25, 0.3) is 0 Å². The molecule has 1 fully saturated rings. The van der Waals surface area contributed by atoms with Crippen LogP contribution in [-0.2, 0) is 9.53 Å². The predicted molar refractivity (Wildman–Crippen MR) is 80.6 cm³/mol. The third-order valence-electron chi connectivity index (χ3n) is 3.34. The minimum absolute atomic E-state index is 0.0292. The zero-order chi connectivity index (χ0) is 14.5. The Morgan fingerprint density at radius 1 is 1.30 bits per heavy atom. The van der Waals surface area contributed by atoms with Crippen LogP contribution in [0.25, 0.3) is 0 Å². The number of hydrogen-bond acceptors (Lipinski definition) is 4. The van der Waals surface area contributed by atoms with E-state index in [0.29, 0.717) is 12.1 Å². The van der Waals surface area contributed by atoms with Crippen molar-refractivity contribution in [3.63, 3.8) is 0 Å². The van der Waals surface area contributed by atoms with Crippen molar-refractivity contribution < 1.29 is 9.53 Å². The van der Waals surface area contributed by atoms with Crippen molar-refractivity contribution in [2.75, 3.05) is 30.7 Å². The number of benzene rings is 1. The molecule has 1 aromatic rings. The average Bonchev–Trinajstić information content (AvgIpc) is 2.38. The number of amides is 1. The second kappa shape index (κ2) is 6.72. The van der Waals surface area contributed by atoms with Crippen LogP contribution in [0.3, 0.4) is 0 Å². The standard InChI is InChI=1S/C15H23N3O2/c1-11-9-18(10-12(2)20-11)8-7-15(19)17-14-5-3-13(16)4-6-14/h3-6,11-12H,7-10,16H2,1-2H3,(H,17,19)/t11-,12+. The largest absolute Gasteiger partial charge is 0.399 e. The fourth-order valence-electron chi connectivity index (χ4n) is 2.52. The van der Waals surface area contributed by atoms with Gasteiger partial charge in [0, 0.05) is 37.4 Å². The maximum absolute atomic E-state index is 11.9. The number of carbonyl (C=O) groups excluding carboxylic acids is 1. The summed E-state index contributed by atoms with van der Waals surface area (Å²) in [5, 5.41) is 2.88. The third-order valence-corrected chi connectivity index (χ3v) is 3.34. The van der Waals surface area contributed by atoms with E-state index in [1.165, 1.54) is 0 Å². The molecule has 1 heterocycles. The Hall–Kier alpha value is -1.59. The van der Waals surface area contributed by atoms with Crippen LogP contribution in [0.2, 0.25) is 0 Å². The van der Waals surface area contributed by atoms with Crippen molar-refractivity contribution in [3.05, 3.63) is 24.3 Å². The van der Waals surface area contributed by atoms with Crippen LogP contribution in [0.1, 0.15) is 20.3 Å². The van der Waals surface area contributed by atoms with Crippen LogP contribution in [-0.4, -0.2) is 42.6 Å². The van der Waals surface area contributed by atoms with E-state index in [2.05, 4.69) is 24.1 Å². The van der Waals surface area contributed by atoms with Gasteiger partial charge in [0.15, 0.2) is 0 Å². The Bertz CT molecular complexity index is 437. The quantitative estimate of drug-likeness (QED) is 0.822. The second-order valence-electron chi connectivity index (χ2n) is 5.44. The molecular formula is C15H23N3O2. The summed E-state index contributed by atoms with van der Waals surface area (Å²) < 4.78 is 5.68. The molecule has 2 atom stereocenters. The molecule has 5 heteroatoms. The van der Waals surface area contributed by atoms with Crippen LogP contribution >= 0.6 is 0 Å². The molecule has 110 valence electrons. The van der Waals surface area contributed by atoms with E-state index in [9.17, 15) is 4.79 Å². The molecule has 0 bridgehead atoms. The van der Waals surface area contributed by atoms with E-state index in [1.807, 2.05) is 12.1 Å². The first-order valence-electron chi connectivity index (χ1n) is 7.06. The lowest BCUT2D eigenvalue weighted by atomic mass is 10.2. The highest BCUT2D eigenvalue weighted by atomic mass is 16.5. The monoisotopic (exact) mass is 277 g/mol. The molecule has 0 unspecified atom stereocenters. The molecule has 5 nitrogen and oxygen atoms in total. The first kappa shape index (κ1) is 14.8. The summed E-state index contributed by atoms with van der Waals surface area (Å²) in [5.74, 6) is 0.0292. The van der Waals surface area contributed by atoms with Crippen LogP contribution in [0.5, 0.6) is 0 Å². The van der Waals surface area contributed by atoms with Gasteiger partial charge >= 0.3 is 0 Å². The number of ether oxygens (including phenoxy) is 1. The summed E-state index contributed by atoms with van der Waals surface area (Å²) in [5.41, 5.74) is 7.09. The molecule has 1 amide bonds. The minimum Gasteiger partial charge on any atom is -0.399 e. The predicted octanol–water partition coefficient (Wildman–Crippen LogP) is 1.71. The molecule has 1 aromatic carbocycles. The first-order chi connectivity index (χ1) is 9.52. The SMILES string of the molecule is C[C@@H]1CN(CCC(=O)Nc2ccc(N)cc2)C[C@H](C)O1. The highest BCUT2D eigenvalue weighted by Gasteiger charge is 2.22. The number of carbonyl (C=O) groups is 1. The number of nitrogens with one attached hydrogen (secondary N) is 1. The zero-order valence-electron chi connectivity index (χ0n) is 12.1. The van der Waals surface area contributed by atoms with Crippen molar-refractivity contribution in [1.29, 1.82) is 0 Å². The average molecular weight is 277 g/mol. The minimum atomic E-state index is 0.0292. The number of nitrogens with zero attached hydrogens (tertiary/aromatic N) is 1. The van der Waals surface area contributed by atoms with Crippen molar-refractivity contribution >= 4 is 17.3 Å². The normalized spacial score (nSPS) is 23.5. The van der Waals surface area contributed by atoms with E-state index >= 15 is 0 Å². The fourth-order valence-corrected chi connectivity index (χ4v) is 2.52. The molecule has 1 saturated heterocycles. The van der Waals surface area contributed by atoms with E-state index in [4.69, 9.17) is 10.5 Å². The Labute approximate surface area is 120 Å². The number of rotatable bonds is 4. The van der Waals surface area contributed by atoms with Gasteiger partial charge in [0.05, 0.1) is 12.2 Å². The van der Waals surface area contributed by atoms with Crippen molar-refractivity contribution in [2.24, 2.45) is 0 Å². The number of hydrogen-bond donors (Lipinski definition) is 2. The lowest BCUT2D eigenvalue weighted by molar-refractivity contribution is -0.117. The van der Waals surface area contributed by atoms with Gasteiger partial charge in [-0.3, -0.25) is 9.69 Å². The Morgan fingerprint density at radius 2 is 1.90 bits per heavy atom. The molecule has 0 aliphatic carbocycles. The van der Waals surface area contributed by atoms with Crippen LogP contribution < -0.4 is 11.1 Å². The van der Waals surface area contributed by atoms with Gasteiger partial charge in [-0.05, 0) is 38.1 Å². The lowest BCUT2D eigenvalue weighted by Gasteiger charge is -2.35. The molecule has 1 aliphatic rings. The smallest absolute Gasteiger partial charge is 0.225 e. The van der Waals surface area contributed by atoms with Gasteiger partial charge in [-0.2, -0.15) is 0 Å². The van der Waals surface area contributed by atoms with E-state index < -0.39 is 0 Å². The van der Waals surface area contributed by atoms with Gasteiger partial charge in [-0.15, -0.1) is 0 Å². The summed E-state index contributed by atoms with van der Waals surface area (Å²) in [6, 6.07) is 7.18. The summed E-state index contributed by atoms with van der Waals surface area (Å²) in [6.07, 6.45) is 0.960. The maximum atomic E-state index is 11.9. The van der Waals surface area contributed by atoms with Gasteiger partial charge in [-0.25, -0.2) is 0 Å². The van der Waals surface area contributed by atoms with Crippen molar-refractivity contribution in [1.82, 2.24) is 4.90 Å². The highest BCUT2D eigenvalue weighted by molar-refractivity contribution is 5.90. The summed E-state index contributed by atoms with van der Waals surface area (Å²) in [6.45, 7) is 6.67. The number of nitrogens with two attached hydrogens (primary N) is 1. The lowest BCUT2D eigenvalue weighted by Crippen LogP contribution is -2.46. The number of nitrogen functional groups attached to an aromatic ring is 1. The fraction of sp³-hybridized carbons (Fsp3) is 0.533. The molecule has 2 rings (SSSR count). The van der Waals surface area contributed by atoms with E-state index in [0.717, 1.165) is 25.3 Å². The zero-order valence-corrected chi connectivity index (χ0v) is 12.1. The van der Waals surface area contributed by atoms with Gasteiger partial charge in [0.1, 0.15) is 0 Å². The van der Waals surface area contributed by atoms with Crippen LogP contribution in [0.15, 0.2) is 24.3 Å². The van der Waals surface area contributed by atoms with Gasteiger partial charge in [-0.1, -0.05) is 0 Å². The third kappa shape index (κ3) is 4.51. The maximum Gasteiger partial charge on any atom is 0.225 e. The number of anilines is 2. The van der Waals surface area contributed by atoms with Crippen LogP contribution in [0, 0.1) is 0 Å². The van der Waals surface area contributed by atoms with Gasteiger partial charge < -0.3 is 15.8 Å². The topological polar surface area (TPSA) is 67.6 Å². The number of morpholine rings is 1. The van der Waals surface area contributed by atoms with Crippen molar-refractivity contribution in [3.8, 4) is 0 Å². The van der Waals surface area contributed by atoms with Crippen LogP contribution in [0.4, 0.5) is 11.4 Å². The molecule has 0 spiro atoms.